The van der Waals surface area contributed by atoms with Gasteiger partial charge >= 0.3 is 0 Å². The van der Waals surface area contributed by atoms with E-state index in [0.29, 0.717) is 0 Å². The maximum Gasteiger partial charge on any atom is 0.163 e. The maximum absolute atomic E-state index is 4.62. The largest absolute Gasteiger partial charge is 0.370 e. The minimum atomic E-state index is 0.740. The summed E-state index contributed by atoms with van der Waals surface area (Å²) in [4.78, 5) is 10.5. The molecule has 0 saturated heterocycles. The van der Waals surface area contributed by atoms with Gasteiger partial charge in [-0.3, -0.25) is 4.68 Å². The van der Waals surface area contributed by atoms with Gasteiger partial charge < -0.3 is 5.32 Å². The van der Waals surface area contributed by atoms with Crippen molar-refractivity contribution in [2.45, 2.75) is 17.6 Å². The zero-order valence-corrected chi connectivity index (χ0v) is 12.9. The lowest BCUT2D eigenvalue weighted by atomic mass is 10.4. The van der Waals surface area contributed by atoms with Gasteiger partial charge in [-0.15, -0.1) is 11.8 Å². The Labute approximate surface area is 127 Å². The van der Waals surface area contributed by atoms with Gasteiger partial charge in [-0.2, -0.15) is 5.10 Å². The molecule has 0 bridgehead atoms. The van der Waals surface area contributed by atoms with Crippen molar-refractivity contribution in [2.24, 2.45) is 7.05 Å². The zero-order chi connectivity index (χ0) is 14.7. The van der Waals surface area contributed by atoms with Crippen molar-refractivity contribution in [1.82, 2.24) is 19.7 Å². The summed E-state index contributed by atoms with van der Waals surface area (Å²) in [6.45, 7) is 2.88. The number of anilines is 1. The highest BCUT2D eigenvalue weighted by Gasteiger charge is 2.11. The summed E-state index contributed by atoms with van der Waals surface area (Å²) < 4.78 is 1.79. The van der Waals surface area contributed by atoms with Crippen LogP contribution in [0.3, 0.4) is 0 Å². The highest BCUT2D eigenvalue weighted by molar-refractivity contribution is 7.98. The van der Waals surface area contributed by atoms with Crippen LogP contribution in [0.15, 0.2) is 41.4 Å². The van der Waals surface area contributed by atoms with E-state index in [-0.39, 0.29) is 0 Å². The fourth-order valence-corrected chi connectivity index (χ4v) is 2.87. The number of benzene rings is 1. The van der Waals surface area contributed by atoms with E-state index in [9.17, 15) is 0 Å². The highest BCUT2D eigenvalue weighted by Crippen LogP contribution is 2.24. The van der Waals surface area contributed by atoms with Crippen LogP contribution in [0.2, 0.25) is 0 Å². The SMILES string of the molecule is CCNc1nc(CSc2ccccc2)nc2c1cnn2C. The predicted molar refractivity (Wildman–Crippen MR) is 86.5 cm³/mol. The van der Waals surface area contributed by atoms with E-state index in [1.54, 1.807) is 22.6 Å². The normalized spacial score (nSPS) is 11.0. The van der Waals surface area contributed by atoms with Crippen molar-refractivity contribution >= 4 is 28.6 Å². The van der Waals surface area contributed by atoms with Crippen molar-refractivity contribution in [3.05, 3.63) is 42.4 Å². The molecule has 2 heterocycles. The molecule has 0 saturated carbocycles. The lowest BCUT2D eigenvalue weighted by Crippen LogP contribution is -2.05. The molecule has 2 aromatic heterocycles. The van der Waals surface area contributed by atoms with Gasteiger partial charge in [-0.05, 0) is 19.1 Å². The molecule has 0 aliphatic carbocycles. The second-order valence-corrected chi connectivity index (χ2v) is 5.67. The Morgan fingerprint density at radius 3 is 2.76 bits per heavy atom. The summed E-state index contributed by atoms with van der Waals surface area (Å²) in [5.74, 6) is 2.42. The van der Waals surface area contributed by atoms with E-state index in [1.165, 1.54) is 4.90 Å². The molecule has 1 aromatic carbocycles. The van der Waals surface area contributed by atoms with Gasteiger partial charge in [0.15, 0.2) is 5.65 Å². The minimum Gasteiger partial charge on any atom is -0.370 e. The molecule has 0 fully saturated rings. The van der Waals surface area contributed by atoms with Gasteiger partial charge in [0.25, 0.3) is 0 Å². The number of thioether (sulfide) groups is 1. The van der Waals surface area contributed by atoms with Gasteiger partial charge in [0.2, 0.25) is 0 Å². The van der Waals surface area contributed by atoms with Gasteiger partial charge in [0, 0.05) is 18.5 Å². The molecule has 21 heavy (non-hydrogen) atoms. The van der Waals surface area contributed by atoms with Crippen molar-refractivity contribution in [3.8, 4) is 0 Å². The van der Waals surface area contributed by atoms with Crippen LogP contribution in [0.5, 0.6) is 0 Å². The zero-order valence-electron chi connectivity index (χ0n) is 12.1. The number of aryl methyl sites for hydroxylation is 1. The molecule has 6 heteroatoms. The number of hydrogen-bond acceptors (Lipinski definition) is 5. The third kappa shape index (κ3) is 3.00. The lowest BCUT2D eigenvalue weighted by molar-refractivity contribution is 0.782. The van der Waals surface area contributed by atoms with Crippen LogP contribution in [-0.2, 0) is 12.8 Å². The number of nitrogens with zero attached hydrogens (tertiary/aromatic N) is 4. The van der Waals surface area contributed by atoms with Crippen LogP contribution in [0, 0.1) is 0 Å². The Hall–Kier alpha value is -2.08. The van der Waals surface area contributed by atoms with E-state index in [2.05, 4.69) is 39.4 Å². The summed E-state index contributed by atoms with van der Waals surface area (Å²) in [6, 6.07) is 10.3. The molecule has 0 radical (unpaired) electrons. The Morgan fingerprint density at radius 1 is 1.19 bits per heavy atom. The first-order valence-corrected chi connectivity index (χ1v) is 7.87. The monoisotopic (exact) mass is 299 g/mol. The molecule has 108 valence electrons. The van der Waals surface area contributed by atoms with Crippen molar-refractivity contribution < 1.29 is 0 Å². The molecule has 3 rings (SSSR count). The van der Waals surface area contributed by atoms with Crippen LogP contribution >= 0.6 is 11.8 Å². The predicted octanol–water partition coefficient (Wildman–Crippen LogP) is 3.09. The summed E-state index contributed by atoms with van der Waals surface area (Å²) in [5.41, 5.74) is 0.865. The molecular formula is C15H17N5S. The van der Waals surface area contributed by atoms with Crippen molar-refractivity contribution in [2.75, 3.05) is 11.9 Å². The Balaban J connectivity index is 1.89. The molecule has 0 atom stereocenters. The molecule has 5 nitrogen and oxygen atoms in total. The fourth-order valence-electron chi connectivity index (χ4n) is 2.10. The summed E-state index contributed by atoms with van der Waals surface area (Å²) in [7, 11) is 1.90. The molecule has 0 amide bonds. The van der Waals surface area contributed by atoms with Crippen LogP contribution in [0.1, 0.15) is 12.7 Å². The fraction of sp³-hybridized carbons (Fsp3) is 0.267. The Bertz CT molecular complexity index is 738. The number of hydrogen-bond donors (Lipinski definition) is 1. The average molecular weight is 299 g/mol. The maximum atomic E-state index is 4.62. The number of rotatable bonds is 5. The highest BCUT2D eigenvalue weighted by atomic mass is 32.2. The van der Waals surface area contributed by atoms with Crippen LogP contribution < -0.4 is 5.32 Å². The third-order valence-electron chi connectivity index (χ3n) is 3.09. The average Bonchev–Trinajstić information content (AvgIpc) is 2.88. The Morgan fingerprint density at radius 2 is 2.00 bits per heavy atom. The topological polar surface area (TPSA) is 55.6 Å². The standard InChI is InChI=1S/C15H17N5S/c1-3-16-14-12-9-17-20(2)15(12)19-13(18-14)10-21-11-7-5-4-6-8-11/h4-9H,3,10H2,1-2H3,(H,16,18,19). The van der Waals surface area contributed by atoms with Crippen LogP contribution in [0.4, 0.5) is 5.82 Å². The van der Waals surface area contributed by atoms with Gasteiger partial charge in [0.1, 0.15) is 11.6 Å². The van der Waals surface area contributed by atoms with E-state index in [1.807, 2.05) is 25.2 Å². The molecular weight excluding hydrogens is 282 g/mol. The molecule has 0 spiro atoms. The number of fused-ring (bicyclic) bond motifs is 1. The first-order valence-electron chi connectivity index (χ1n) is 6.88. The van der Waals surface area contributed by atoms with Crippen LogP contribution in [-0.4, -0.2) is 26.3 Å². The molecule has 0 aliphatic rings. The lowest BCUT2D eigenvalue weighted by Gasteiger charge is -2.07. The summed E-state index contributed by atoms with van der Waals surface area (Å²) in [6.07, 6.45) is 1.81. The first-order chi connectivity index (χ1) is 10.3. The second kappa shape index (κ2) is 6.13. The first kappa shape index (κ1) is 13.9. The van der Waals surface area contributed by atoms with E-state index >= 15 is 0 Å². The summed E-state index contributed by atoms with van der Waals surface area (Å²) in [5, 5.41) is 8.52. The Kier molecular flexibility index (Phi) is 4.06. The van der Waals surface area contributed by atoms with E-state index in [0.717, 1.165) is 35.0 Å². The van der Waals surface area contributed by atoms with E-state index in [4.69, 9.17) is 0 Å². The number of nitrogens with one attached hydrogen (secondary N) is 1. The van der Waals surface area contributed by atoms with Crippen molar-refractivity contribution in [3.63, 3.8) is 0 Å². The second-order valence-electron chi connectivity index (χ2n) is 4.63. The quantitative estimate of drug-likeness (QED) is 0.734. The molecule has 0 unspecified atom stereocenters. The molecule has 0 aliphatic heterocycles. The van der Waals surface area contributed by atoms with E-state index < -0.39 is 0 Å². The molecule has 1 N–H and O–H groups in total. The van der Waals surface area contributed by atoms with Gasteiger partial charge in [0.05, 0.1) is 17.3 Å². The minimum absolute atomic E-state index is 0.740. The summed E-state index contributed by atoms with van der Waals surface area (Å²) >= 11 is 1.73. The number of aromatic nitrogens is 4. The third-order valence-corrected chi connectivity index (χ3v) is 4.10. The van der Waals surface area contributed by atoms with Crippen molar-refractivity contribution in [1.29, 1.82) is 0 Å². The smallest absolute Gasteiger partial charge is 0.163 e. The van der Waals surface area contributed by atoms with Crippen LogP contribution in [0.25, 0.3) is 11.0 Å². The molecule has 3 aromatic rings. The van der Waals surface area contributed by atoms with Gasteiger partial charge in [-0.1, -0.05) is 18.2 Å². The van der Waals surface area contributed by atoms with Gasteiger partial charge in [-0.25, -0.2) is 9.97 Å².